The van der Waals surface area contributed by atoms with Crippen LogP contribution in [0, 0.1) is 3.57 Å². The topological polar surface area (TPSA) is 182 Å². The van der Waals surface area contributed by atoms with Gasteiger partial charge in [0, 0.05) is 3.57 Å². The number of rotatable bonds is 11. The summed E-state index contributed by atoms with van der Waals surface area (Å²) in [5.74, 6) is -2.93. The second kappa shape index (κ2) is 11.6. The van der Waals surface area contributed by atoms with E-state index >= 15 is 0 Å². The van der Waals surface area contributed by atoms with E-state index in [4.69, 9.17) is 25.2 Å². The molecule has 1 aromatic carbocycles. The molecule has 1 rings (SSSR count). The molecule has 29 heavy (non-hydrogen) atoms. The molecule has 11 nitrogen and oxygen atoms in total. The third-order valence-electron chi connectivity index (χ3n) is 3.65. The minimum atomic E-state index is -1.29. The Bertz CT molecular complexity index is 768. The Labute approximate surface area is 179 Å². The third kappa shape index (κ3) is 6.92. The second-order valence-electron chi connectivity index (χ2n) is 5.86. The molecule has 0 aromatic heterocycles. The van der Waals surface area contributed by atoms with E-state index in [1.165, 1.54) is 19.1 Å². The fourth-order valence-electron chi connectivity index (χ4n) is 2.03. The van der Waals surface area contributed by atoms with Crippen LogP contribution in [-0.4, -0.2) is 82.5 Å². The van der Waals surface area contributed by atoms with Crippen molar-refractivity contribution in [3.63, 3.8) is 0 Å². The number of aliphatic carboxylic acids is 1. The zero-order valence-electron chi connectivity index (χ0n) is 15.3. The lowest BCUT2D eigenvalue weighted by Crippen LogP contribution is -2.41. The van der Waals surface area contributed by atoms with Gasteiger partial charge in [0.05, 0.1) is 37.0 Å². The van der Waals surface area contributed by atoms with E-state index in [-0.39, 0.29) is 20.4 Å². The quantitative estimate of drug-likeness (QED) is 0.149. The number of nitrogens with one attached hydrogen (secondary N) is 2. The van der Waals surface area contributed by atoms with Crippen molar-refractivity contribution in [1.29, 1.82) is 0 Å². The zero-order valence-corrected chi connectivity index (χ0v) is 17.5. The third-order valence-corrected chi connectivity index (χ3v) is 4.81. The standard InChI is InChI=1S/C17H21IN2O9/c1-8(17(27)28)29-11-2-12(15(25)19-9(4-21)5-22)14(18)13(3-11)16(26)20-10(6-23)7-24/h2-4,8-10,22-24H,5-7H2,1H3,(H,19,25)(H,20,26)(H,27,28). The number of carbonyl (C=O) groups is 4. The SMILES string of the molecule is CC(Oc1cc(C(=O)NC(C=O)CO)c(I)c(C(=O)NC(CO)CO)c1)C(=O)O. The smallest absolute Gasteiger partial charge is 0.344 e. The molecule has 0 aliphatic heterocycles. The van der Waals surface area contributed by atoms with Crippen LogP contribution in [0.25, 0.3) is 0 Å². The molecule has 2 amide bonds. The Kier molecular flexibility index (Phi) is 9.94. The van der Waals surface area contributed by atoms with Crippen molar-refractivity contribution in [3.05, 3.63) is 26.8 Å². The minimum Gasteiger partial charge on any atom is -0.479 e. The predicted octanol–water partition coefficient (Wildman–Crippen LogP) is -1.48. The van der Waals surface area contributed by atoms with Gasteiger partial charge in [-0.1, -0.05) is 0 Å². The van der Waals surface area contributed by atoms with Crippen molar-refractivity contribution < 1.29 is 44.3 Å². The van der Waals surface area contributed by atoms with Crippen molar-refractivity contribution in [3.8, 4) is 5.75 Å². The van der Waals surface area contributed by atoms with E-state index in [0.29, 0.717) is 6.29 Å². The minimum absolute atomic E-state index is 0.0793. The number of aliphatic hydroxyl groups excluding tert-OH is 3. The summed E-state index contributed by atoms with van der Waals surface area (Å²) in [6.07, 6.45) is -0.956. The molecule has 2 atom stereocenters. The van der Waals surface area contributed by atoms with Gasteiger partial charge in [0.15, 0.2) is 6.10 Å². The lowest BCUT2D eigenvalue weighted by Gasteiger charge is -2.18. The maximum absolute atomic E-state index is 12.5. The van der Waals surface area contributed by atoms with Crippen LogP contribution >= 0.6 is 22.6 Å². The molecule has 0 fully saturated rings. The summed E-state index contributed by atoms with van der Waals surface area (Å²) in [7, 11) is 0. The van der Waals surface area contributed by atoms with Crippen LogP contribution in [0.5, 0.6) is 5.75 Å². The Morgan fingerprint density at radius 1 is 1.07 bits per heavy atom. The molecule has 160 valence electrons. The van der Waals surface area contributed by atoms with Gasteiger partial charge >= 0.3 is 5.97 Å². The van der Waals surface area contributed by atoms with Gasteiger partial charge in [0.1, 0.15) is 18.1 Å². The Hall–Kier alpha value is -2.29. The zero-order chi connectivity index (χ0) is 22.1. The maximum atomic E-state index is 12.5. The number of hydrogen-bond donors (Lipinski definition) is 6. The number of aldehydes is 1. The van der Waals surface area contributed by atoms with E-state index in [2.05, 4.69) is 10.6 Å². The summed E-state index contributed by atoms with van der Waals surface area (Å²) < 4.78 is 5.39. The van der Waals surface area contributed by atoms with Gasteiger partial charge in [-0.15, -0.1) is 0 Å². The van der Waals surface area contributed by atoms with E-state index in [9.17, 15) is 19.2 Å². The largest absolute Gasteiger partial charge is 0.479 e. The van der Waals surface area contributed by atoms with Crippen molar-refractivity contribution >= 4 is 46.7 Å². The number of carbonyl (C=O) groups excluding carboxylic acids is 3. The molecule has 1 aromatic rings. The molecule has 0 bridgehead atoms. The summed E-state index contributed by atoms with van der Waals surface area (Å²) in [4.78, 5) is 46.9. The molecular formula is C17H21IN2O9. The van der Waals surface area contributed by atoms with Crippen LogP contribution in [0.3, 0.4) is 0 Å². The average Bonchev–Trinajstić information content (AvgIpc) is 2.70. The molecular weight excluding hydrogens is 503 g/mol. The van der Waals surface area contributed by atoms with Gasteiger partial charge in [0.25, 0.3) is 11.8 Å². The van der Waals surface area contributed by atoms with Crippen LogP contribution < -0.4 is 15.4 Å². The van der Waals surface area contributed by atoms with Gasteiger partial charge < -0.3 is 40.6 Å². The van der Waals surface area contributed by atoms with E-state index in [1.54, 1.807) is 22.6 Å². The number of halogens is 1. The fraction of sp³-hybridized carbons (Fsp3) is 0.412. The molecule has 0 saturated heterocycles. The van der Waals surface area contributed by atoms with E-state index < -0.39 is 55.8 Å². The van der Waals surface area contributed by atoms with E-state index in [1.807, 2.05) is 0 Å². The van der Waals surface area contributed by atoms with Crippen LogP contribution in [0.15, 0.2) is 12.1 Å². The highest BCUT2D eigenvalue weighted by Crippen LogP contribution is 2.26. The molecule has 0 saturated carbocycles. The second-order valence-corrected chi connectivity index (χ2v) is 6.94. The summed E-state index contributed by atoms with van der Waals surface area (Å²) >= 11 is 1.71. The number of benzene rings is 1. The molecule has 0 heterocycles. The molecule has 12 heteroatoms. The van der Waals surface area contributed by atoms with Crippen molar-refractivity contribution in [1.82, 2.24) is 10.6 Å². The number of aliphatic hydroxyl groups is 3. The van der Waals surface area contributed by atoms with Crippen LogP contribution in [0.2, 0.25) is 0 Å². The fourth-order valence-corrected chi connectivity index (χ4v) is 2.83. The molecule has 6 N–H and O–H groups in total. The van der Waals surface area contributed by atoms with Crippen molar-refractivity contribution in [2.24, 2.45) is 0 Å². The molecule has 0 aliphatic carbocycles. The first-order chi connectivity index (χ1) is 13.7. The average molecular weight is 524 g/mol. The first-order valence-corrected chi connectivity index (χ1v) is 9.38. The van der Waals surface area contributed by atoms with Gasteiger partial charge in [-0.25, -0.2) is 4.79 Å². The molecule has 0 aliphatic rings. The lowest BCUT2D eigenvalue weighted by atomic mass is 10.1. The lowest BCUT2D eigenvalue weighted by molar-refractivity contribution is -0.144. The summed E-state index contributed by atoms with van der Waals surface area (Å²) in [6.45, 7) is -0.451. The summed E-state index contributed by atoms with van der Waals surface area (Å²) in [5.41, 5.74) is -0.180. The van der Waals surface area contributed by atoms with Crippen LogP contribution in [0.1, 0.15) is 27.6 Å². The normalized spacial score (nSPS) is 12.8. The van der Waals surface area contributed by atoms with Gasteiger partial charge in [-0.2, -0.15) is 0 Å². The number of hydrogen-bond acceptors (Lipinski definition) is 8. The van der Waals surface area contributed by atoms with Crippen molar-refractivity contribution in [2.45, 2.75) is 25.1 Å². The highest BCUT2D eigenvalue weighted by atomic mass is 127. The Morgan fingerprint density at radius 2 is 1.59 bits per heavy atom. The monoisotopic (exact) mass is 524 g/mol. The number of carboxylic acid groups (broad SMARTS) is 1. The molecule has 0 spiro atoms. The first kappa shape index (κ1) is 24.7. The van der Waals surface area contributed by atoms with Gasteiger partial charge in [-0.3, -0.25) is 9.59 Å². The van der Waals surface area contributed by atoms with E-state index in [0.717, 1.165) is 0 Å². The maximum Gasteiger partial charge on any atom is 0.344 e. The highest BCUT2D eigenvalue weighted by Gasteiger charge is 2.24. The Balaban J connectivity index is 3.38. The van der Waals surface area contributed by atoms with Gasteiger partial charge in [0.2, 0.25) is 0 Å². The summed E-state index contributed by atoms with van der Waals surface area (Å²) in [5, 5.41) is 41.0. The summed E-state index contributed by atoms with van der Waals surface area (Å²) in [6, 6.07) is 0.281. The first-order valence-electron chi connectivity index (χ1n) is 8.31. The highest BCUT2D eigenvalue weighted by molar-refractivity contribution is 14.1. The predicted molar refractivity (Wildman–Crippen MR) is 107 cm³/mol. The molecule has 2 unspecified atom stereocenters. The molecule has 0 radical (unpaired) electrons. The number of carboxylic acids is 1. The Morgan fingerprint density at radius 3 is 2.00 bits per heavy atom. The van der Waals surface area contributed by atoms with Crippen LogP contribution in [0.4, 0.5) is 0 Å². The van der Waals surface area contributed by atoms with Gasteiger partial charge in [-0.05, 0) is 41.6 Å². The van der Waals surface area contributed by atoms with Crippen molar-refractivity contribution in [2.75, 3.05) is 19.8 Å². The number of ether oxygens (including phenoxy) is 1. The van der Waals surface area contributed by atoms with Crippen LogP contribution in [-0.2, 0) is 9.59 Å². The number of amides is 2.